The van der Waals surface area contributed by atoms with E-state index in [-0.39, 0.29) is 18.4 Å². The average molecular weight is 331 g/mol. The molecule has 0 saturated heterocycles. The van der Waals surface area contributed by atoms with Gasteiger partial charge in [-0.2, -0.15) is 0 Å². The number of rotatable bonds is 2. The van der Waals surface area contributed by atoms with E-state index in [0.29, 0.717) is 27.7 Å². The molecule has 0 aromatic heterocycles. The van der Waals surface area contributed by atoms with E-state index in [9.17, 15) is 9.59 Å². The third-order valence-electron chi connectivity index (χ3n) is 3.85. The molecule has 0 unspecified atom stereocenters. The maximum absolute atomic E-state index is 12.9. The molecule has 0 saturated carbocycles. The van der Waals surface area contributed by atoms with E-state index >= 15 is 0 Å². The normalized spacial score (nSPS) is 14.6. The summed E-state index contributed by atoms with van der Waals surface area (Å²) >= 11 is 6.02. The molecule has 3 rings (SSSR count). The number of fused-ring (bicyclic) bond motifs is 1. The van der Waals surface area contributed by atoms with Crippen LogP contribution in [-0.4, -0.2) is 32.5 Å². The van der Waals surface area contributed by atoms with Crippen molar-refractivity contribution in [1.82, 2.24) is 0 Å². The van der Waals surface area contributed by atoms with Crippen LogP contribution < -0.4 is 14.5 Å². The highest BCUT2D eigenvalue weighted by atomic mass is 35.5. The Balaban J connectivity index is 2.08. The number of hydrogen-bond donors (Lipinski definition) is 0. The van der Waals surface area contributed by atoms with Gasteiger partial charge in [-0.15, -0.1) is 0 Å². The van der Waals surface area contributed by atoms with Crippen molar-refractivity contribution in [2.45, 2.75) is 0 Å². The van der Waals surface area contributed by atoms with Gasteiger partial charge in [0.2, 0.25) is 5.91 Å². The minimum absolute atomic E-state index is 0.0338. The van der Waals surface area contributed by atoms with Crippen LogP contribution in [0.2, 0.25) is 5.02 Å². The zero-order chi connectivity index (χ0) is 16.6. The molecule has 0 atom stereocenters. The molecule has 1 aliphatic rings. The number of hydrogen-bond acceptors (Lipinski definition) is 3. The Labute approximate surface area is 139 Å². The van der Waals surface area contributed by atoms with E-state index in [4.69, 9.17) is 16.3 Å². The Hall–Kier alpha value is -2.53. The number of amides is 2. The first-order chi connectivity index (χ1) is 11.0. The summed E-state index contributed by atoms with van der Waals surface area (Å²) in [6.45, 7) is -0.0338. The number of carbonyl (C=O) groups excluding carboxylic acids is 2. The molecule has 0 spiro atoms. The van der Waals surface area contributed by atoms with Crippen molar-refractivity contribution < 1.29 is 14.3 Å². The number of carbonyl (C=O) groups is 2. The van der Waals surface area contributed by atoms with Crippen molar-refractivity contribution in [2.75, 3.05) is 30.5 Å². The van der Waals surface area contributed by atoms with Crippen LogP contribution >= 0.6 is 11.6 Å². The molecule has 2 amide bonds. The van der Waals surface area contributed by atoms with Gasteiger partial charge >= 0.3 is 0 Å². The van der Waals surface area contributed by atoms with Gasteiger partial charge in [-0.1, -0.05) is 11.6 Å². The molecule has 23 heavy (non-hydrogen) atoms. The molecule has 1 aliphatic heterocycles. The number of halogens is 1. The molecule has 2 aromatic rings. The lowest BCUT2D eigenvalue weighted by atomic mass is 10.1. The van der Waals surface area contributed by atoms with Crippen molar-refractivity contribution in [2.24, 2.45) is 0 Å². The predicted octanol–water partition coefficient (Wildman–Crippen LogP) is 2.97. The SMILES string of the molecule is COc1ccc(N2CC(=O)N(C)c3ccc(Cl)cc3C2=O)cc1. The quantitative estimate of drug-likeness (QED) is 0.850. The third kappa shape index (κ3) is 2.75. The van der Waals surface area contributed by atoms with Gasteiger partial charge < -0.3 is 9.64 Å². The van der Waals surface area contributed by atoms with E-state index in [1.54, 1.807) is 56.6 Å². The van der Waals surface area contributed by atoms with Gasteiger partial charge in [-0.3, -0.25) is 14.5 Å². The summed E-state index contributed by atoms with van der Waals surface area (Å²) in [5, 5.41) is 0.453. The fraction of sp³-hybridized carbons (Fsp3) is 0.176. The Morgan fingerprint density at radius 1 is 1.09 bits per heavy atom. The van der Waals surface area contributed by atoms with Gasteiger partial charge in [-0.25, -0.2) is 0 Å². The van der Waals surface area contributed by atoms with Gasteiger partial charge in [0.25, 0.3) is 5.91 Å². The number of likely N-dealkylation sites (N-methyl/N-ethyl adjacent to an activating group) is 1. The lowest BCUT2D eigenvalue weighted by Crippen LogP contribution is -2.37. The van der Waals surface area contributed by atoms with Crippen molar-refractivity contribution in [3.8, 4) is 5.75 Å². The smallest absolute Gasteiger partial charge is 0.260 e. The van der Waals surface area contributed by atoms with Crippen LogP contribution in [0.5, 0.6) is 5.75 Å². The first-order valence-corrected chi connectivity index (χ1v) is 7.41. The molecule has 0 radical (unpaired) electrons. The molecule has 5 nitrogen and oxygen atoms in total. The molecule has 1 heterocycles. The Morgan fingerprint density at radius 3 is 2.43 bits per heavy atom. The minimum Gasteiger partial charge on any atom is -0.497 e. The van der Waals surface area contributed by atoms with E-state index in [2.05, 4.69) is 0 Å². The fourth-order valence-corrected chi connectivity index (χ4v) is 2.71. The zero-order valence-corrected chi connectivity index (χ0v) is 13.5. The third-order valence-corrected chi connectivity index (χ3v) is 4.08. The second-order valence-electron chi connectivity index (χ2n) is 5.20. The summed E-state index contributed by atoms with van der Waals surface area (Å²) in [7, 11) is 3.22. The number of anilines is 2. The molecule has 2 aromatic carbocycles. The van der Waals surface area contributed by atoms with E-state index in [1.807, 2.05) is 0 Å². The van der Waals surface area contributed by atoms with E-state index in [1.165, 1.54) is 9.80 Å². The maximum Gasteiger partial charge on any atom is 0.260 e. The standard InChI is InChI=1S/C17H15ClN2O3/c1-19-15-8-3-11(18)9-14(15)17(22)20(10-16(19)21)12-4-6-13(23-2)7-5-12/h3-9H,10H2,1-2H3. The van der Waals surface area contributed by atoms with Crippen LogP contribution in [-0.2, 0) is 4.79 Å². The number of benzene rings is 2. The van der Waals surface area contributed by atoms with Crippen LogP contribution in [0.15, 0.2) is 42.5 Å². The van der Waals surface area contributed by atoms with Crippen LogP contribution in [0.3, 0.4) is 0 Å². The fourth-order valence-electron chi connectivity index (χ4n) is 2.54. The molecular weight excluding hydrogens is 316 g/mol. The molecule has 0 bridgehead atoms. The molecule has 6 heteroatoms. The Morgan fingerprint density at radius 2 is 1.78 bits per heavy atom. The summed E-state index contributed by atoms with van der Waals surface area (Å²) < 4.78 is 5.12. The second-order valence-corrected chi connectivity index (χ2v) is 5.64. The van der Waals surface area contributed by atoms with Crippen molar-refractivity contribution in [3.63, 3.8) is 0 Å². The highest BCUT2D eigenvalue weighted by Crippen LogP contribution is 2.30. The van der Waals surface area contributed by atoms with Crippen molar-refractivity contribution in [1.29, 1.82) is 0 Å². The van der Waals surface area contributed by atoms with Crippen LogP contribution in [0, 0.1) is 0 Å². The van der Waals surface area contributed by atoms with Gasteiger partial charge in [-0.05, 0) is 42.5 Å². The Kier molecular flexibility index (Phi) is 3.96. The minimum atomic E-state index is -0.259. The summed E-state index contributed by atoms with van der Waals surface area (Å²) in [4.78, 5) is 28.2. The van der Waals surface area contributed by atoms with Crippen LogP contribution in [0.25, 0.3) is 0 Å². The first kappa shape index (κ1) is 15.4. The second kappa shape index (κ2) is 5.93. The molecular formula is C17H15ClN2O3. The van der Waals surface area contributed by atoms with Crippen molar-refractivity contribution in [3.05, 3.63) is 53.1 Å². The average Bonchev–Trinajstić information content (AvgIpc) is 2.66. The highest BCUT2D eigenvalue weighted by molar-refractivity contribution is 6.31. The predicted molar refractivity (Wildman–Crippen MR) is 89.5 cm³/mol. The van der Waals surface area contributed by atoms with Gasteiger partial charge in [0.1, 0.15) is 12.3 Å². The van der Waals surface area contributed by atoms with Crippen LogP contribution in [0.4, 0.5) is 11.4 Å². The maximum atomic E-state index is 12.9. The monoisotopic (exact) mass is 330 g/mol. The lowest BCUT2D eigenvalue weighted by molar-refractivity contribution is -0.116. The van der Waals surface area contributed by atoms with Crippen LogP contribution in [0.1, 0.15) is 10.4 Å². The molecule has 0 aliphatic carbocycles. The number of ether oxygens (including phenoxy) is 1. The molecule has 0 N–H and O–H groups in total. The van der Waals surface area contributed by atoms with Gasteiger partial charge in [0.15, 0.2) is 0 Å². The summed E-state index contributed by atoms with van der Waals surface area (Å²) in [6.07, 6.45) is 0. The summed E-state index contributed by atoms with van der Waals surface area (Å²) in [5.41, 5.74) is 1.59. The molecule has 0 fully saturated rings. The topological polar surface area (TPSA) is 49.9 Å². The Bertz CT molecular complexity index is 774. The number of nitrogens with zero attached hydrogens (tertiary/aromatic N) is 2. The van der Waals surface area contributed by atoms with E-state index in [0.717, 1.165) is 0 Å². The highest BCUT2D eigenvalue weighted by Gasteiger charge is 2.30. The summed E-state index contributed by atoms with van der Waals surface area (Å²) in [5.74, 6) is 0.253. The van der Waals surface area contributed by atoms with Gasteiger partial charge in [0, 0.05) is 17.8 Å². The van der Waals surface area contributed by atoms with E-state index < -0.39 is 0 Å². The lowest BCUT2D eigenvalue weighted by Gasteiger charge is -2.20. The molecule has 118 valence electrons. The zero-order valence-electron chi connectivity index (χ0n) is 12.7. The number of methoxy groups -OCH3 is 1. The first-order valence-electron chi connectivity index (χ1n) is 7.03. The van der Waals surface area contributed by atoms with Crippen molar-refractivity contribution >= 4 is 34.8 Å². The summed E-state index contributed by atoms with van der Waals surface area (Å²) in [6, 6.07) is 11.9. The van der Waals surface area contributed by atoms with Gasteiger partial charge in [0.05, 0.1) is 18.4 Å². The largest absolute Gasteiger partial charge is 0.497 e.